The molecule has 0 aliphatic carbocycles. The van der Waals surface area contributed by atoms with Gasteiger partial charge in [0.15, 0.2) is 5.69 Å². The summed E-state index contributed by atoms with van der Waals surface area (Å²) in [7, 11) is 0. The average Bonchev–Trinajstić information content (AvgIpc) is 2.99. The highest BCUT2D eigenvalue weighted by atomic mass is 35.5. The number of rotatable bonds is 3. The van der Waals surface area contributed by atoms with E-state index >= 15 is 0 Å². The maximum absolute atomic E-state index is 9.34. The Labute approximate surface area is 156 Å². The standard InChI is InChI=1S/C20H17ClN2OS/c1-20(2,3)14-6-4-13(5-7-14)18-23-17(12-22)19(24-18)25-16-10-8-15(21)9-11-16/h4-11H,1-3H3. The second-order valence-electron chi connectivity index (χ2n) is 6.65. The third-order valence-corrected chi connectivity index (χ3v) is 4.95. The van der Waals surface area contributed by atoms with Gasteiger partial charge in [-0.2, -0.15) is 10.2 Å². The fourth-order valence-electron chi connectivity index (χ4n) is 2.29. The van der Waals surface area contributed by atoms with Crippen LogP contribution in [0.1, 0.15) is 32.0 Å². The Kier molecular flexibility index (Phi) is 4.89. The number of benzene rings is 2. The fourth-order valence-corrected chi connectivity index (χ4v) is 3.21. The summed E-state index contributed by atoms with van der Waals surface area (Å²) in [6, 6.07) is 17.6. The fraction of sp³-hybridized carbons (Fsp3) is 0.200. The quantitative estimate of drug-likeness (QED) is 0.543. The van der Waals surface area contributed by atoms with Crippen molar-refractivity contribution < 1.29 is 4.42 Å². The molecule has 126 valence electrons. The zero-order valence-corrected chi connectivity index (χ0v) is 15.8. The lowest BCUT2D eigenvalue weighted by Gasteiger charge is -2.18. The molecule has 0 N–H and O–H groups in total. The number of oxazole rings is 1. The summed E-state index contributed by atoms with van der Waals surface area (Å²) in [6.45, 7) is 6.51. The van der Waals surface area contributed by atoms with Crippen LogP contribution in [0.15, 0.2) is 62.9 Å². The first-order chi connectivity index (χ1) is 11.9. The van der Waals surface area contributed by atoms with Crippen LogP contribution in [0.4, 0.5) is 0 Å². The molecule has 25 heavy (non-hydrogen) atoms. The topological polar surface area (TPSA) is 49.8 Å². The van der Waals surface area contributed by atoms with Crippen molar-refractivity contribution in [2.24, 2.45) is 0 Å². The number of nitriles is 1. The molecule has 0 aliphatic rings. The van der Waals surface area contributed by atoms with Gasteiger partial charge in [0, 0.05) is 15.5 Å². The molecule has 0 bridgehead atoms. The van der Waals surface area contributed by atoms with Crippen molar-refractivity contribution in [2.45, 2.75) is 36.2 Å². The van der Waals surface area contributed by atoms with Gasteiger partial charge in [0.25, 0.3) is 0 Å². The van der Waals surface area contributed by atoms with Gasteiger partial charge in [-0.15, -0.1) is 0 Å². The molecular formula is C20H17ClN2OS. The Morgan fingerprint density at radius 1 is 1.04 bits per heavy atom. The summed E-state index contributed by atoms with van der Waals surface area (Å²) in [5.41, 5.74) is 2.46. The molecule has 1 aromatic heterocycles. The summed E-state index contributed by atoms with van der Waals surface area (Å²) in [4.78, 5) is 5.27. The van der Waals surface area contributed by atoms with Crippen LogP contribution in [0.3, 0.4) is 0 Å². The lowest BCUT2D eigenvalue weighted by atomic mass is 9.87. The molecule has 0 amide bonds. The van der Waals surface area contributed by atoms with Crippen molar-refractivity contribution >= 4 is 23.4 Å². The van der Waals surface area contributed by atoms with Crippen LogP contribution in [0, 0.1) is 11.3 Å². The zero-order chi connectivity index (χ0) is 18.0. The second-order valence-corrected chi connectivity index (χ2v) is 8.13. The molecule has 0 spiro atoms. The molecule has 1 heterocycles. The first-order valence-electron chi connectivity index (χ1n) is 7.82. The van der Waals surface area contributed by atoms with Crippen LogP contribution in [-0.4, -0.2) is 4.98 Å². The van der Waals surface area contributed by atoms with E-state index in [1.165, 1.54) is 17.3 Å². The minimum atomic E-state index is 0.0858. The van der Waals surface area contributed by atoms with E-state index in [0.29, 0.717) is 16.0 Å². The first kappa shape index (κ1) is 17.6. The lowest BCUT2D eigenvalue weighted by molar-refractivity contribution is 0.483. The van der Waals surface area contributed by atoms with Crippen LogP contribution in [0.5, 0.6) is 0 Å². The van der Waals surface area contributed by atoms with Crippen LogP contribution in [0.2, 0.25) is 5.02 Å². The highest BCUT2D eigenvalue weighted by Gasteiger charge is 2.17. The van der Waals surface area contributed by atoms with Gasteiger partial charge in [-0.25, -0.2) is 0 Å². The van der Waals surface area contributed by atoms with E-state index in [9.17, 15) is 5.26 Å². The molecular weight excluding hydrogens is 352 g/mol. The molecule has 0 unspecified atom stereocenters. The molecule has 5 heteroatoms. The number of hydrogen-bond acceptors (Lipinski definition) is 4. The van der Waals surface area contributed by atoms with Gasteiger partial charge in [0.1, 0.15) is 6.07 Å². The van der Waals surface area contributed by atoms with Crippen molar-refractivity contribution in [2.75, 3.05) is 0 Å². The van der Waals surface area contributed by atoms with Gasteiger partial charge in [-0.1, -0.05) is 44.5 Å². The molecule has 3 aromatic rings. The maximum Gasteiger partial charge on any atom is 0.228 e. The van der Waals surface area contributed by atoms with E-state index < -0.39 is 0 Å². The van der Waals surface area contributed by atoms with Crippen molar-refractivity contribution in [3.63, 3.8) is 0 Å². The van der Waals surface area contributed by atoms with Gasteiger partial charge in [0.2, 0.25) is 11.0 Å². The number of aromatic nitrogens is 1. The van der Waals surface area contributed by atoms with E-state index in [1.807, 2.05) is 24.3 Å². The predicted octanol–water partition coefficient (Wildman–Crippen LogP) is 6.32. The summed E-state index contributed by atoms with van der Waals surface area (Å²) < 4.78 is 5.85. The minimum Gasteiger partial charge on any atom is -0.428 e. The molecule has 0 radical (unpaired) electrons. The summed E-state index contributed by atoms with van der Waals surface area (Å²) in [5, 5.41) is 10.5. The highest BCUT2D eigenvalue weighted by molar-refractivity contribution is 7.99. The highest BCUT2D eigenvalue weighted by Crippen LogP contribution is 2.35. The Morgan fingerprint density at radius 2 is 1.68 bits per heavy atom. The van der Waals surface area contributed by atoms with Crippen LogP contribution < -0.4 is 0 Å². The normalized spacial score (nSPS) is 11.3. The van der Waals surface area contributed by atoms with Gasteiger partial charge in [-0.05, 0) is 59.1 Å². The van der Waals surface area contributed by atoms with E-state index in [0.717, 1.165) is 10.5 Å². The second kappa shape index (κ2) is 6.95. The van der Waals surface area contributed by atoms with Gasteiger partial charge in [-0.3, -0.25) is 0 Å². The summed E-state index contributed by atoms with van der Waals surface area (Å²) in [6.07, 6.45) is 0. The Balaban J connectivity index is 1.90. The van der Waals surface area contributed by atoms with E-state index in [-0.39, 0.29) is 11.1 Å². The van der Waals surface area contributed by atoms with E-state index in [2.05, 4.69) is 44.0 Å². The average molecular weight is 369 g/mol. The molecule has 0 atom stereocenters. The third-order valence-electron chi connectivity index (χ3n) is 3.72. The molecule has 2 aromatic carbocycles. The summed E-state index contributed by atoms with van der Waals surface area (Å²) in [5.74, 6) is 0.452. The van der Waals surface area contributed by atoms with Crippen LogP contribution >= 0.6 is 23.4 Å². The maximum atomic E-state index is 9.34. The number of hydrogen-bond donors (Lipinski definition) is 0. The Bertz CT molecular complexity index is 916. The first-order valence-corrected chi connectivity index (χ1v) is 9.01. The Hall–Kier alpha value is -2.22. The molecule has 0 aliphatic heterocycles. The van der Waals surface area contributed by atoms with Crippen molar-refractivity contribution in [1.29, 1.82) is 5.26 Å². The molecule has 0 saturated carbocycles. The predicted molar refractivity (Wildman–Crippen MR) is 101 cm³/mol. The molecule has 3 rings (SSSR count). The zero-order valence-electron chi connectivity index (χ0n) is 14.2. The van der Waals surface area contributed by atoms with Gasteiger partial charge >= 0.3 is 0 Å². The van der Waals surface area contributed by atoms with Crippen molar-refractivity contribution in [3.05, 3.63) is 64.8 Å². The van der Waals surface area contributed by atoms with Gasteiger partial charge in [0.05, 0.1) is 0 Å². The third kappa shape index (κ3) is 4.07. The van der Waals surface area contributed by atoms with E-state index in [4.69, 9.17) is 16.0 Å². The monoisotopic (exact) mass is 368 g/mol. The number of nitrogens with zero attached hydrogens (tertiary/aromatic N) is 2. The lowest BCUT2D eigenvalue weighted by Crippen LogP contribution is -2.10. The van der Waals surface area contributed by atoms with Crippen LogP contribution in [0.25, 0.3) is 11.5 Å². The SMILES string of the molecule is CC(C)(C)c1ccc(-c2nc(C#N)c(Sc3ccc(Cl)cc3)o2)cc1. The Morgan fingerprint density at radius 3 is 2.24 bits per heavy atom. The minimum absolute atomic E-state index is 0.0858. The molecule has 0 saturated heterocycles. The molecule has 0 fully saturated rings. The van der Waals surface area contributed by atoms with Gasteiger partial charge < -0.3 is 4.42 Å². The van der Waals surface area contributed by atoms with Crippen LogP contribution in [-0.2, 0) is 5.41 Å². The summed E-state index contributed by atoms with van der Waals surface area (Å²) >= 11 is 7.26. The van der Waals surface area contributed by atoms with Crippen molar-refractivity contribution in [3.8, 4) is 17.5 Å². The van der Waals surface area contributed by atoms with Crippen molar-refractivity contribution in [1.82, 2.24) is 4.98 Å². The largest absolute Gasteiger partial charge is 0.428 e. The van der Waals surface area contributed by atoms with E-state index in [1.54, 1.807) is 12.1 Å². The number of halogens is 1. The smallest absolute Gasteiger partial charge is 0.228 e. The molecule has 3 nitrogen and oxygen atoms in total.